The van der Waals surface area contributed by atoms with Crippen molar-refractivity contribution in [1.29, 1.82) is 0 Å². The molecule has 0 bridgehead atoms. The van der Waals surface area contributed by atoms with Gasteiger partial charge in [0, 0.05) is 12.2 Å². The van der Waals surface area contributed by atoms with Crippen molar-refractivity contribution >= 4 is 17.5 Å². The third kappa shape index (κ3) is 4.33. The molecule has 1 saturated carbocycles. The van der Waals surface area contributed by atoms with Crippen LogP contribution >= 0.6 is 0 Å². The predicted molar refractivity (Wildman–Crippen MR) is 88.6 cm³/mol. The molecule has 1 aromatic rings. The zero-order valence-corrected chi connectivity index (χ0v) is 13.9. The van der Waals surface area contributed by atoms with Gasteiger partial charge in [0.05, 0.1) is 11.8 Å². The Kier molecular flexibility index (Phi) is 5.22. The van der Waals surface area contributed by atoms with E-state index in [0.717, 1.165) is 17.7 Å². The first kappa shape index (κ1) is 16.5. The van der Waals surface area contributed by atoms with E-state index < -0.39 is 0 Å². The Morgan fingerprint density at radius 1 is 1.14 bits per heavy atom. The second kappa shape index (κ2) is 6.95. The van der Waals surface area contributed by atoms with Gasteiger partial charge in [-0.25, -0.2) is 0 Å². The topological polar surface area (TPSA) is 58.2 Å². The lowest BCUT2D eigenvalue weighted by Gasteiger charge is -2.08. The van der Waals surface area contributed by atoms with Gasteiger partial charge in [0.2, 0.25) is 11.8 Å². The third-order valence-electron chi connectivity index (χ3n) is 4.26. The summed E-state index contributed by atoms with van der Waals surface area (Å²) in [6, 6.07) is 5.86. The van der Waals surface area contributed by atoms with Crippen LogP contribution in [0.2, 0.25) is 0 Å². The number of carbonyl (C=O) groups excluding carboxylic acids is 2. The van der Waals surface area contributed by atoms with Crippen LogP contribution in [0.5, 0.6) is 0 Å². The van der Waals surface area contributed by atoms with E-state index in [4.69, 9.17) is 0 Å². The number of nitrogens with one attached hydrogen (secondary N) is 2. The minimum absolute atomic E-state index is 0.0147. The van der Waals surface area contributed by atoms with Crippen LogP contribution in [0.15, 0.2) is 18.2 Å². The lowest BCUT2D eigenvalue weighted by molar-refractivity contribution is -0.125. The van der Waals surface area contributed by atoms with Crippen LogP contribution in [0.25, 0.3) is 0 Å². The monoisotopic (exact) mass is 302 g/mol. The highest BCUT2D eigenvalue weighted by atomic mass is 16.2. The number of hydrogen-bond donors (Lipinski definition) is 2. The molecule has 4 nitrogen and oxygen atoms in total. The average Bonchev–Trinajstić information content (AvgIpc) is 3.23. The van der Waals surface area contributed by atoms with Crippen molar-refractivity contribution in [2.45, 2.75) is 40.5 Å². The minimum atomic E-state index is -0.180. The van der Waals surface area contributed by atoms with Crippen molar-refractivity contribution in [1.82, 2.24) is 5.32 Å². The average molecular weight is 302 g/mol. The molecule has 2 amide bonds. The maximum atomic E-state index is 12.2. The number of rotatable bonds is 6. The third-order valence-corrected chi connectivity index (χ3v) is 4.26. The Morgan fingerprint density at radius 3 is 2.45 bits per heavy atom. The largest absolute Gasteiger partial charge is 0.356 e. The molecule has 1 fully saturated rings. The highest BCUT2D eigenvalue weighted by Gasteiger charge is 2.47. The van der Waals surface area contributed by atoms with Gasteiger partial charge in [-0.3, -0.25) is 9.59 Å². The highest BCUT2D eigenvalue weighted by molar-refractivity contribution is 5.99. The van der Waals surface area contributed by atoms with Gasteiger partial charge >= 0.3 is 0 Å². The molecule has 0 aromatic heterocycles. The van der Waals surface area contributed by atoms with E-state index in [-0.39, 0.29) is 23.7 Å². The van der Waals surface area contributed by atoms with Crippen molar-refractivity contribution in [2.24, 2.45) is 17.8 Å². The Labute approximate surface area is 132 Å². The molecule has 0 heterocycles. The highest BCUT2D eigenvalue weighted by Crippen LogP contribution is 2.39. The first-order valence-electron chi connectivity index (χ1n) is 8.04. The summed E-state index contributed by atoms with van der Waals surface area (Å²) in [5, 5.41) is 5.83. The number of hydrogen-bond acceptors (Lipinski definition) is 2. The maximum Gasteiger partial charge on any atom is 0.228 e. The van der Waals surface area contributed by atoms with Gasteiger partial charge < -0.3 is 10.6 Å². The van der Waals surface area contributed by atoms with Gasteiger partial charge in [-0.1, -0.05) is 19.9 Å². The summed E-state index contributed by atoms with van der Waals surface area (Å²) in [4.78, 5) is 24.1. The summed E-state index contributed by atoms with van der Waals surface area (Å²) in [6.45, 7) is 9.01. The molecule has 2 rings (SSSR count). The molecule has 1 aliphatic carbocycles. The fraction of sp³-hybridized carbons (Fsp3) is 0.556. The maximum absolute atomic E-state index is 12.2. The fourth-order valence-electron chi connectivity index (χ4n) is 2.44. The Bertz CT molecular complexity index is 566. The van der Waals surface area contributed by atoms with E-state index in [0.29, 0.717) is 18.9 Å². The second-order valence-electron chi connectivity index (χ2n) is 6.71. The van der Waals surface area contributed by atoms with Crippen LogP contribution in [-0.2, 0) is 9.59 Å². The summed E-state index contributed by atoms with van der Waals surface area (Å²) in [7, 11) is 0. The van der Waals surface area contributed by atoms with Crippen molar-refractivity contribution in [3.8, 4) is 0 Å². The minimum Gasteiger partial charge on any atom is -0.356 e. The van der Waals surface area contributed by atoms with Crippen LogP contribution in [0, 0.1) is 31.6 Å². The molecule has 1 aromatic carbocycles. The molecular formula is C18H26N2O2. The zero-order chi connectivity index (χ0) is 16.3. The van der Waals surface area contributed by atoms with Crippen LogP contribution in [0.4, 0.5) is 5.69 Å². The fourth-order valence-corrected chi connectivity index (χ4v) is 2.44. The van der Waals surface area contributed by atoms with Crippen molar-refractivity contribution in [2.75, 3.05) is 11.9 Å². The molecular weight excluding hydrogens is 276 g/mol. The number of aryl methyl sites for hydroxylation is 2. The number of benzene rings is 1. The summed E-state index contributed by atoms with van der Waals surface area (Å²) >= 11 is 0. The number of carbonyl (C=O) groups is 2. The molecule has 0 saturated heterocycles. The van der Waals surface area contributed by atoms with E-state index in [9.17, 15) is 9.59 Å². The summed E-state index contributed by atoms with van der Waals surface area (Å²) < 4.78 is 0. The molecule has 120 valence electrons. The molecule has 2 N–H and O–H groups in total. The van der Waals surface area contributed by atoms with Gasteiger partial charge in [0.25, 0.3) is 0 Å². The van der Waals surface area contributed by atoms with E-state index in [1.165, 1.54) is 5.56 Å². The van der Waals surface area contributed by atoms with E-state index in [1.807, 2.05) is 32.0 Å². The van der Waals surface area contributed by atoms with Crippen LogP contribution in [0.1, 0.15) is 37.8 Å². The normalized spacial score (nSPS) is 19.9. The Morgan fingerprint density at radius 2 is 1.82 bits per heavy atom. The standard InChI is InChI=1S/C18H26N2O2/c1-11(2)7-8-19-17(21)15-10-16(15)18(22)20-14-6-5-12(3)13(4)9-14/h5-6,9,11,15-16H,7-8,10H2,1-4H3,(H,19,21)(H,20,22). The van der Waals surface area contributed by atoms with Gasteiger partial charge in [-0.15, -0.1) is 0 Å². The molecule has 4 heteroatoms. The first-order valence-corrected chi connectivity index (χ1v) is 8.04. The van der Waals surface area contributed by atoms with Crippen molar-refractivity contribution in [3.05, 3.63) is 29.3 Å². The van der Waals surface area contributed by atoms with E-state index in [1.54, 1.807) is 0 Å². The van der Waals surface area contributed by atoms with Crippen LogP contribution in [0.3, 0.4) is 0 Å². The summed E-state index contributed by atoms with van der Waals surface area (Å²) in [6.07, 6.45) is 1.63. The predicted octanol–water partition coefficient (Wildman–Crippen LogP) is 3.04. The van der Waals surface area contributed by atoms with E-state index >= 15 is 0 Å². The first-order chi connectivity index (χ1) is 10.4. The smallest absolute Gasteiger partial charge is 0.228 e. The molecule has 2 unspecified atom stereocenters. The Balaban J connectivity index is 1.80. The molecule has 1 aliphatic rings. The summed E-state index contributed by atoms with van der Waals surface area (Å²) in [5.41, 5.74) is 3.15. The van der Waals surface area contributed by atoms with Crippen LogP contribution in [-0.4, -0.2) is 18.4 Å². The molecule has 2 atom stereocenters. The van der Waals surface area contributed by atoms with Crippen molar-refractivity contribution in [3.63, 3.8) is 0 Å². The van der Waals surface area contributed by atoms with Gasteiger partial charge in [-0.05, 0) is 55.9 Å². The molecule has 22 heavy (non-hydrogen) atoms. The lowest BCUT2D eigenvalue weighted by Crippen LogP contribution is -2.28. The SMILES string of the molecule is Cc1ccc(NC(=O)C2CC2C(=O)NCCC(C)C)cc1C. The van der Waals surface area contributed by atoms with E-state index in [2.05, 4.69) is 24.5 Å². The lowest BCUT2D eigenvalue weighted by atomic mass is 10.1. The summed E-state index contributed by atoms with van der Waals surface area (Å²) in [5.74, 6) is 0.205. The van der Waals surface area contributed by atoms with Crippen LogP contribution < -0.4 is 10.6 Å². The second-order valence-corrected chi connectivity index (χ2v) is 6.71. The molecule has 0 aliphatic heterocycles. The molecule has 0 spiro atoms. The van der Waals surface area contributed by atoms with Gasteiger partial charge in [0.1, 0.15) is 0 Å². The molecule has 0 radical (unpaired) electrons. The van der Waals surface area contributed by atoms with Gasteiger partial charge in [-0.2, -0.15) is 0 Å². The van der Waals surface area contributed by atoms with Gasteiger partial charge in [0.15, 0.2) is 0 Å². The quantitative estimate of drug-likeness (QED) is 0.848. The zero-order valence-electron chi connectivity index (χ0n) is 13.9. The Hall–Kier alpha value is -1.84. The number of anilines is 1. The van der Waals surface area contributed by atoms with Crippen molar-refractivity contribution < 1.29 is 9.59 Å². The number of amides is 2.